The fourth-order valence-electron chi connectivity index (χ4n) is 2.70. The molecule has 0 radical (unpaired) electrons. The number of hydrogen-bond donors (Lipinski definition) is 3. The predicted molar refractivity (Wildman–Crippen MR) is 111 cm³/mol. The maximum atomic E-state index is 11.6. The second-order valence-corrected chi connectivity index (χ2v) is 6.04. The van der Waals surface area contributed by atoms with Crippen molar-refractivity contribution in [1.82, 2.24) is 30.7 Å². The van der Waals surface area contributed by atoms with E-state index in [4.69, 9.17) is 4.74 Å². The van der Waals surface area contributed by atoms with E-state index in [-0.39, 0.29) is 35.9 Å². The van der Waals surface area contributed by atoms with Gasteiger partial charge in [-0.2, -0.15) is 5.10 Å². The summed E-state index contributed by atoms with van der Waals surface area (Å²) in [5.74, 6) is 2.48. The number of aryl methyl sites for hydroxylation is 1. The van der Waals surface area contributed by atoms with Gasteiger partial charge in [-0.15, -0.1) is 24.0 Å². The van der Waals surface area contributed by atoms with Crippen molar-refractivity contribution >= 4 is 35.8 Å². The summed E-state index contributed by atoms with van der Waals surface area (Å²) in [6, 6.07) is 0.227. The van der Waals surface area contributed by atoms with Gasteiger partial charge >= 0.3 is 0 Å². The molecule has 0 saturated carbocycles. The Morgan fingerprint density at radius 3 is 2.88 bits per heavy atom. The number of methoxy groups -OCH3 is 1. The van der Waals surface area contributed by atoms with Crippen molar-refractivity contribution in [2.45, 2.75) is 51.8 Å². The van der Waals surface area contributed by atoms with Crippen molar-refractivity contribution < 1.29 is 9.53 Å². The number of rotatable bonds is 8. The molecule has 0 aromatic carbocycles. The van der Waals surface area contributed by atoms with Crippen LogP contribution in [-0.4, -0.2) is 59.9 Å². The Bertz CT molecular complexity index is 591. The van der Waals surface area contributed by atoms with E-state index in [0.717, 1.165) is 44.0 Å². The standard InChI is InChI=1S/C16H29N7O2.HI/c1-4-8-18-15(24)7-9-19-16(17-2)20-12-5-6-14-21-13(11-25-3)22-23(14)10-12;/h12H,4-11H2,1-3H3,(H,18,24)(H2,17,19,20);1H. The molecule has 0 aliphatic carbocycles. The van der Waals surface area contributed by atoms with Crippen LogP contribution in [0.1, 0.15) is 37.8 Å². The molecule has 1 aromatic heterocycles. The number of carbonyl (C=O) groups is 1. The molecule has 0 fully saturated rings. The SMILES string of the molecule is CCCNC(=O)CCNC(=NC)NC1CCc2nc(COC)nn2C1.I. The largest absolute Gasteiger partial charge is 0.377 e. The maximum Gasteiger partial charge on any atom is 0.221 e. The van der Waals surface area contributed by atoms with Crippen molar-refractivity contribution in [2.75, 3.05) is 27.2 Å². The first kappa shape index (κ1) is 22.6. The number of hydrogen-bond acceptors (Lipinski definition) is 5. The molecule has 0 saturated heterocycles. The smallest absolute Gasteiger partial charge is 0.221 e. The van der Waals surface area contributed by atoms with Gasteiger partial charge in [0.05, 0.1) is 6.54 Å². The molecule has 0 bridgehead atoms. The Hall–Kier alpha value is -1.43. The second-order valence-electron chi connectivity index (χ2n) is 6.04. The van der Waals surface area contributed by atoms with Gasteiger partial charge in [0.1, 0.15) is 12.4 Å². The predicted octanol–water partition coefficient (Wildman–Crippen LogP) is 0.439. The number of nitrogens with one attached hydrogen (secondary N) is 3. The summed E-state index contributed by atoms with van der Waals surface area (Å²) in [5.41, 5.74) is 0. The molecule has 0 spiro atoms. The fraction of sp³-hybridized carbons (Fsp3) is 0.750. The zero-order chi connectivity index (χ0) is 18.1. The zero-order valence-electron chi connectivity index (χ0n) is 15.7. The van der Waals surface area contributed by atoms with Gasteiger partial charge in [0.15, 0.2) is 11.8 Å². The van der Waals surface area contributed by atoms with Crippen molar-refractivity contribution in [1.29, 1.82) is 0 Å². The summed E-state index contributed by atoms with van der Waals surface area (Å²) in [5, 5.41) is 13.9. The van der Waals surface area contributed by atoms with Gasteiger partial charge in [0.2, 0.25) is 5.91 Å². The van der Waals surface area contributed by atoms with Crippen molar-refractivity contribution in [3.8, 4) is 0 Å². The Kier molecular flexibility index (Phi) is 10.5. The molecule has 1 amide bonds. The molecule has 9 nitrogen and oxygen atoms in total. The highest BCUT2D eigenvalue weighted by atomic mass is 127. The summed E-state index contributed by atoms with van der Waals surface area (Å²) in [6.45, 7) is 4.48. The normalized spacial score (nSPS) is 16.4. The van der Waals surface area contributed by atoms with Gasteiger partial charge in [-0.1, -0.05) is 6.92 Å². The fourth-order valence-corrected chi connectivity index (χ4v) is 2.70. The van der Waals surface area contributed by atoms with Crippen LogP contribution in [0, 0.1) is 0 Å². The third-order valence-corrected chi connectivity index (χ3v) is 3.96. The second kappa shape index (κ2) is 12.0. The van der Waals surface area contributed by atoms with E-state index in [1.165, 1.54) is 0 Å². The van der Waals surface area contributed by atoms with Crippen LogP contribution in [0.3, 0.4) is 0 Å². The highest BCUT2D eigenvalue weighted by molar-refractivity contribution is 14.0. The number of guanidine groups is 1. The van der Waals surface area contributed by atoms with Crippen LogP contribution in [0.2, 0.25) is 0 Å². The number of amides is 1. The lowest BCUT2D eigenvalue weighted by Gasteiger charge is -2.25. The third-order valence-electron chi connectivity index (χ3n) is 3.96. The van der Waals surface area contributed by atoms with Crippen molar-refractivity contribution in [3.63, 3.8) is 0 Å². The van der Waals surface area contributed by atoms with Crippen LogP contribution in [0.5, 0.6) is 0 Å². The van der Waals surface area contributed by atoms with E-state index in [2.05, 4.69) is 31.0 Å². The third kappa shape index (κ3) is 7.06. The molecule has 2 rings (SSSR count). The summed E-state index contributed by atoms with van der Waals surface area (Å²) < 4.78 is 7.02. The first-order valence-corrected chi connectivity index (χ1v) is 8.81. The first-order valence-electron chi connectivity index (χ1n) is 8.81. The molecule has 1 atom stereocenters. The van der Waals surface area contributed by atoms with Crippen LogP contribution in [0.15, 0.2) is 4.99 Å². The lowest BCUT2D eigenvalue weighted by Crippen LogP contribution is -2.47. The Labute approximate surface area is 171 Å². The number of carbonyl (C=O) groups excluding carboxylic acids is 1. The van der Waals surface area contributed by atoms with E-state index in [1.54, 1.807) is 14.2 Å². The zero-order valence-corrected chi connectivity index (χ0v) is 18.1. The highest BCUT2D eigenvalue weighted by Crippen LogP contribution is 2.13. The molecule has 1 aliphatic rings. The van der Waals surface area contributed by atoms with Gasteiger partial charge in [0, 0.05) is 46.1 Å². The van der Waals surface area contributed by atoms with Crippen LogP contribution in [0.4, 0.5) is 0 Å². The van der Waals surface area contributed by atoms with Crippen LogP contribution >= 0.6 is 24.0 Å². The van der Waals surface area contributed by atoms with Gasteiger partial charge in [-0.05, 0) is 12.8 Å². The molecule has 1 aromatic rings. The molecule has 148 valence electrons. The Morgan fingerprint density at radius 1 is 1.38 bits per heavy atom. The minimum Gasteiger partial charge on any atom is -0.377 e. The van der Waals surface area contributed by atoms with Gasteiger partial charge in [-0.3, -0.25) is 9.79 Å². The van der Waals surface area contributed by atoms with Crippen molar-refractivity contribution in [3.05, 3.63) is 11.6 Å². The average Bonchev–Trinajstić information content (AvgIpc) is 3.01. The summed E-state index contributed by atoms with van der Waals surface area (Å²) in [4.78, 5) is 20.3. The quantitative estimate of drug-likeness (QED) is 0.284. The lowest BCUT2D eigenvalue weighted by molar-refractivity contribution is -0.120. The van der Waals surface area contributed by atoms with Crippen LogP contribution in [-0.2, 0) is 29.1 Å². The molecular formula is C16H30IN7O2. The molecule has 2 heterocycles. The van der Waals surface area contributed by atoms with E-state index in [0.29, 0.717) is 25.5 Å². The highest BCUT2D eigenvalue weighted by Gasteiger charge is 2.22. The number of aromatic nitrogens is 3. The molecular weight excluding hydrogens is 449 g/mol. The summed E-state index contributed by atoms with van der Waals surface area (Å²) in [6.07, 6.45) is 3.20. The average molecular weight is 479 g/mol. The number of nitrogens with zero attached hydrogens (tertiary/aromatic N) is 4. The lowest BCUT2D eigenvalue weighted by atomic mass is 10.1. The minimum absolute atomic E-state index is 0. The number of ether oxygens (including phenoxy) is 1. The molecule has 1 aliphatic heterocycles. The maximum absolute atomic E-state index is 11.6. The summed E-state index contributed by atoms with van der Waals surface area (Å²) >= 11 is 0. The topological polar surface area (TPSA) is 105 Å². The monoisotopic (exact) mass is 479 g/mol. The van der Waals surface area contributed by atoms with E-state index in [9.17, 15) is 4.79 Å². The number of halogens is 1. The molecule has 3 N–H and O–H groups in total. The Morgan fingerprint density at radius 2 is 2.19 bits per heavy atom. The minimum atomic E-state index is 0. The van der Waals surface area contributed by atoms with Crippen LogP contribution in [0.25, 0.3) is 0 Å². The van der Waals surface area contributed by atoms with Crippen LogP contribution < -0.4 is 16.0 Å². The summed E-state index contributed by atoms with van der Waals surface area (Å²) in [7, 11) is 3.37. The first-order chi connectivity index (χ1) is 12.2. The number of aliphatic imine (C=N–C) groups is 1. The Balaban J connectivity index is 0.00000338. The van der Waals surface area contributed by atoms with E-state index in [1.807, 2.05) is 11.6 Å². The van der Waals surface area contributed by atoms with Gasteiger partial charge in [-0.25, -0.2) is 9.67 Å². The number of fused-ring (bicyclic) bond motifs is 1. The van der Waals surface area contributed by atoms with Gasteiger partial charge in [0.25, 0.3) is 0 Å². The van der Waals surface area contributed by atoms with Crippen molar-refractivity contribution in [2.24, 2.45) is 4.99 Å². The molecule has 10 heteroatoms. The molecule has 26 heavy (non-hydrogen) atoms. The van der Waals surface area contributed by atoms with E-state index < -0.39 is 0 Å². The van der Waals surface area contributed by atoms with Gasteiger partial charge < -0.3 is 20.7 Å². The van der Waals surface area contributed by atoms with E-state index >= 15 is 0 Å². The molecule has 1 unspecified atom stereocenters.